The Morgan fingerprint density at radius 2 is 1.90 bits per heavy atom. The van der Waals surface area contributed by atoms with Crippen molar-refractivity contribution in [3.05, 3.63) is 52.0 Å². The molecule has 29 heavy (non-hydrogen) atoms. The topological polar surface area (TPSA) is 48.0 Å². The SMILES string of the molecule is CCOc1c(Br)cc(C(=O)N2CCC(Oc3ccc(F)cc3F)CC2)cc1OC. The molecule has 0 bridgehead atoms. The van der Waals surface area contributed by atoms with Crippen molar-refractivity contribution in [2.24, 2.45) is 0 Å². The molecule has 0 aromatic heterocycles. The van der Waals surface area contributed by atoms with Crippen LogP contribution in [0.15, 0.2) is 34.8 Å². The van der Waals surface area contributed by atoms with Crippen molar-refractivity contribution < 1.29 is 27.8 Å². The molecular weight excluding hydrogens is 448 g/mol. The van der Waals surface area contributed by atoms with Crippen LogP contribution in [0, 0.1) is 11.6 Å². The fourth-order valence-electron chi connectivity index (χ4n) is 3.24. The summed E-state index contributed by atoms with van der Waals surface area (Å²) in [5, 5.41) is 0. The number of amides is 1. The number of carbonyl (C=O) groups is 1. The molecule has 0 radical (unpaired) electrons. The van der Waals surface area contributed by atoms with E-state index < -0.39 is 11.6 Å². The minimum absolute atomic E-state index is 0.0244. The standard InChI is InChI=1S/C21H22BrF2NO4/c1-3-28-20-16(22)10-13(11-19(20)27-2)21(26)25-8-6-15(7-9-25)29-18-5-4-14(23)12-17(18)24/h4-5,10-12,15H,3,6-9H2,1-2H3. The number of benzene rings is 2. The number of rotatable bonds is 6. The lowest BCUT2D eigenvalue weighted by Crippen LogP contribution is -2.41. The molecule has 0 atom stereocenters. The highest BCUT2D eigenvalue weighted by Gasteiger charge is 2.26. The predicted molar refractivity (Wildman–Crippen MR) is 108 cm³/mol. The molecule has 1 aliphatic heterocycles. The van der Waals surface area contributed by atoms with E-state index in [0.29, 0.717) is 54.1 Å². The maximum Gasteiger partial charge on any atom is 0.254 e. The Kier molecular flexibility index (Phi) is 6.95. The number of nitrogens with zero attached hydrogens (tertiary/aromatic N) is 1. The minimum Gasteiger partial charge on any atom is -0.493 e. The first-order valence-corrected chi connectivity index (χ1v) is 10.1. The molecule has 1 saturated heterocycles. The molecule has 0 saturated carbocycles. The Morgan fingerprint density at radius 3 is 2.52 bits per heavy atom. The zero-order valence-electron chi connectivity index (χ0n) is 16.2. The maximum atomic E-state index is 13.8. The number of methoxy groups -OCH3 is 1. The van der Waals surface area contributed by atoms with Crippen LogP contribution in [0.1, 0.15) is 30.1 Å². The van der Waals surface area contributed by atoms with Gasteiger partial charge in [0.25, 0.3) is 5.91 Å². The minimum atomic E-state index is -0.727. The highest BCUT2D eigenvalue weighted by molar-refractivity contribution is 9.10. The van der Waals surface area contributed by atoms with Crippen LogP contribution < -0.4 is 14.2 Å². The molecule has 0 unspecified atom stereocenters. The van der Waals surface area contributed by atoms with Gasteiger partial charge in [-0.15, -0.1) is 0 Å². The molecule has 3 rings (SSSR count). The number of hydrogen-bond acceptors (Lipinski definition) is 4. The fraction of sp³-hybridized carbons (Fsp3) is 0.381. The van der Waals surface area contributed by atoms with Crippen molar-refractivity contribution in [1.29, 1.82) is 0 Å². The van der Waals surface area contributed by atoms with E-state index in [0.717, 1.165) is 12.1 Å². The van der Waals surface area contributed by atoms with Gasteiger partial charge in [0, 0.05) is 37.6 Å². The molecule has 8 heteroatoms. The number of likely N-dealkylation sites (tertiary alicyclic amines) is 1. The van der Waals surface area contributed by atoms with E-state index in [2.05, 4.69) is 15.9 Å². The van der Waals surface area contributed by atoms with Gasteiger partial charge in [0.2, 0.25) is 0 Å². The smallest absolute Gasteiger partial charge is 0.254 e. The quantitative estimate of drug-likeness (QED) is 0.608. The van der Waals surface area contributed by atoms with Gasteiger partial charge < -0.3 is 19.1 Å². The Morgan fingerprint density at radius 1 is 1.17 bits per heavy atom. The summed E-state index contributed by atoms with van der Waals surface area (Å²) in [5.74, 6) is -0.438. The summed E-state index contributed by atoms with van der Waals surface area (Å²) in [6, 6.07) is 6.62. The van der Waals surface area contributed by atoms with Gasteiger partial charge in [0.1, 0.15) is 11.9 Å². The number of halogens is 3. The van der Waals surface area contributed by atoms with Gasteiger partial charge in [-0.25, -0.2) is 8.78 Å². The third kappa shape index (κ3) is 4.98. The van der Waals surface area contributed by atoms with E-state index in [9.17, 15) is 13.6 Å². The summed E-state index contributed by atoms with van der Waals surface area (Å²) in [6.45, 7) is 3.29. The van der Waals surface area contributed by atoms with Gasteiger partial charge >= 0.3 is 0 Å². The van der Waals surface area contributed by atoms with Crippen LogP contribution in [-0.2, 0) is 0 Å². The largest absolute Gasteiger partial charge is 0.493 e. The van der Waals surface area contributed by atoms with E-state index in [1.165, 1.54) is 13.2 Å². The molecule has 0 aliphatic carbocycles. The highest BCUT2D eigenvalue weighted by Crippen LogP contribution is 2.37. The molecule has 0 spiro atoms. The number of carbonyl (C=O) groups excluding carboxylic acids is 1. The summed E-state index contributed by atoms with van der Waals surface area (Å²) in [5.41, 5.74) is 0.487. The Hall–Kier alpha value is -2.35. The fourth-order valence-corrected chi connectivity index (χ4v) is 3.79. The van der Waals surface area contributed by atoms with E-state index in [1.54, 1.807) is 17.0 Å². The molecule has 5 nitrogen and oxygen atoms in total. The summed E-state index contributed by atoms with van der Waals surface area (Å²) in [7, 11) is 1.52. The van der Waals surface area contributed by atoms with Gasteiger partial charge in [0.15, 0.2) is 23.1 Å². The summed E-state index contributed by atoms with van der Waals surface area (Å²) in [4.78, 5) is 14.6. The molecule has 1 aliphatic rings. The first-order valence-electron chi connectivity index (χ1n) is 9.34. The first kappa shape index (κ1) is 21.4. The van der Waals surface area contributed by atoms with Crippen molar-refractivity contribution in [1.82, 2.24) is 4.90 Å². The van der Waals surface area contributed by atoms with Crippen molar-refractivity contribution in [3.63, 3.8) is 0 Å². The van der Waals surface area contributed by atoms with E-state index in [1.807, 2.05) is 6.92 Å². The second-order valence-electron chi connectivity index (χ2n) is 6.61. The van der Waals surface area contributed by atoms with Crippen LogP contribution in [0.4, 0.5) is 8.78 Å². The van der Waals surface area contributed by atoms with Crippen LogP contribution in [0.2, 0.25) is 0 Å². The zero-order chi connectivity index (χ0) is 21.0. The number of piperidine rings is 1. The summed E-state index contributed by atoms with van der Waals surface area (Å²) >= 11 is 3.43. The number of hydrogen-bond donors (Lipinski definition) is 0. The Bertz CT molecular complexity index is 885. The third-order valence-electron chi connectivity index (χ3n) is 4.68. The van der Waals surface area contributed by atoms with Gasteiger partial charge in [-0.3, -0.25) is 4.79 Å². The molecule has 2 aromatic rings. The summed E-state index contributed by atoms with van der Waals surface area (Å²) < 4.78 is 44.0. The van der Waals surface area contributed by atoms with E-state index >= 15 is 0 Å². The lowest BCUT2D eigenvalue weighted by molar-refractivity contribution is 0.0587. The van der Waals surface area contributed by atoms with Crippen molar-refractivity contribution >= 4 is 21.8 Å². The second kappa shape index (κ2) is 9.43. The van der Waals surface area contributed by atoms with E-state index in [-0.39, 0.29) is 17.8 Å². The van der Waals surface area contributed by atoms with Gasteiger partial charge in [-0.2, -0.15) is 0 Å². The number of ether oxygens (including phenoxy) is 3. The van der Waals surface area contributed by atoms with Crippen LogP contribution in [0.3, 0.4) is 0 Å². The normalized spacial score (nSPS) is 14.6. The van der Waals surface area contributed by atoms with Gasteiger partial charge in [-0.1, -0.05) is 0 Å². The molecular formula is C21H22BrF2NO4. The van der Waals surface area contributed by atoms with Crippen LogP contribution in [0.5, 0.6) is 17.2 Å². The van der Waals surface area contributed by atoms with Gasteiger partial charge in [0.05, 0.1) is 18.2 Å². The van der Waals surface area contributed by atoms with Crippen LogP contribution >= 0.6 is 15.9 Å². The van der Waals surface area contributed by atoms with Crippen LogP contribution in [-0.4, -0.2) is 43.7 Å². The molecule has 2 aromatic carbocycles. The molecule has 1 heterocycles. The van der Waals surface area contributed by atoms with Crippen molar-refractivity contribution in [3.8, 4) is 17.2 Å². The summed E-state index contributed by atoms with van der Waals surface area (Å²) in [6.07, 6.45) is 0.871. The molecule has 1 fully saturated rings. The lowest BCUT2D eigenvalue weighted by atomic mass is 10.1. The Balaban J connectivity index is 1.65. The van der Waals surface area contributed by atoms with Gasteiger partial charge in [-0.05, 0) is 47.1 Å². The van der Waals surface area contributed by atoms with E-state index in [4.69, 9.17) is 14.2 Å². The van der Waals surface area contributed by atoms with Crippen molar-refractivity contribution in [2.75, 3.05) is 26.8 Å². The van der Waals surface area contributed by atoms with Crippen LogP contribution in [0.25, 0.3) is 0 Å². The monoisotopic (exact) mass is 469 g/mol. The average molecular weight is 470 g/mol. The molecule has 1 amide bonds. The average Bonchev–Trinajstić information content (AvgIpc) is 2.71. The molecule has 156 valence electrons. The van der Waals surface area contributed by atoms with Crippen molar-refractivity contribution in [2.45, 2.75) is 25.9 Å². The maximum absolute atomic E-state index is 13.8. The highest BCUT2D eigenvalue weighted by atomic mass is 79.9. The Labute approximate surface area is 176 Å². The predicted octanol–water partition coefficient (Wildman–Crippen LogP) is 4.82. The third-order valence-corrected chi connectivity index (χ3v) is 5.27. The molecule has 0 N–H and O–H groups in total. The zero-order valence-corrected chi connectivity index (χ0v) is 17.8. The second-order valence-corrected chi connectivity index (χ2v) is 7.46. The first-order chi connectivity index (χ1) is 13.9. The lowest BCUT2D eigenvalue weighted by Gasteiger charge is -2.32.